The Bertz CT molecular complexity index is 346. The molecular formula is C6H9O9P. The van der Waals surface area contributed by atoms with Crippen LogP contribution < -0.4 is 0 Å². The SMILES string of the molecule is O=C1O[C@H]([C@H](O)CO)C(OP(=O)(O)O)C1=O. The van der Waals surface area contributed by atoms with Crippen molar-refractivity contribution in [3.8, 4) is 0 Å². The van der Waals surface area contributed by atoms with Crippen molar-refractivity contribution >= 4 is 19.6 Å². The van der Waals surface area contributed by atoms with E-state index in [2.05, 4.69) is 9.26 Å². The van der Waals surface area contributed by atoms with Crippen LogP contribution in [0.15, 0.2) is 0 Å². The maximum absolute atomic E-state index is 11.1. The summed E-state index contributed by atoms with van der Waals surface area (Å²) in [6.07, 6.45) is -5.21. The van der Waals surface area contributed by atoms with E-state index >= 15 is 0 Å². The molecule has 1 unspecified atom stereocenters. The van der Waals surface area contributed by atoms with Crippen molar-refractivity contribution in [3.05, 3.63) is 0 Å². The molecule has 0 aromatic heterocycles. The van der Waals surface area contributed by atoms with Crippen LogP contribution in [0.3, 0.4) is 0 Å². The number of phosphoric ester groups is 1. The number of cyclic esters (lactones) is 1. The highest BCUT2D eigenvalue weighted by atomic mass is 31.2. The Morgan fingerprint density at radius 2 is 2.00 bits per heavy atom. The molecule has 0 spiro atoms. The van der Waals surface area contributed by atoms with E-state index in [4.69, 9.17) is 20.0 Å². The third-order valence-electron chi connectivity index (χ3n) is 1.82. The van der Waals surface area contributed by atoms with Gasteiger partial charge in [-0.3, -0.25) is 9.32 Å². The number of carbonyl (C=O) groups is 2. The Morgan fingerprint density at radius 3 is 2.44 bits per heavy atom. The quantitative estimate of drug-likeness (QED) is 0.239. The van der Waals surface area contributed by atoms with Gasteiger partial charge in [-0.2, -0.15) is 0 Å². The highest BCUT2D eigenvalue weighted by Crippen LogP contribution is 2.40. The topological polar surface area (TPSA) is 151 Å². The number of ether oxygens (including phenoxy) is 1. The summed E-state index contributed by atoms with van der Waals surface area (Å²) in [5, 5.41) is 17.7. The van der Waals surface area contributed by atoms with Gasteiger partial charge in [0.05, 0.1) is 6.61 Å². The molecule has 3 atom stereocenters. The van der Waals surface area contributed by atoms with Gasteiger partial charge < -0.3 is 24.7 Å². The lowest BCUT2D eigenvalue weighted by molar-refractivity contribution is -0.151. The van der Waals surface area contributed by atoms with E-state index < -0.39 is 44.5 Å². The minimum absolute atomic E-state index is 0.855. The van der Waals surface area contributed by atoms with Gasteiger partial charge in [0, 0.05) is 0 Å². The maximum atomic E-state index is 11.1. The number of ketones is 1. The van der Waals surface area contributed by atoms with E-state index in [1.807, 2.05) is 0 Å². The highest BCUT2D eigenvalue weighted by molar-refractivity contribution is 7.46. The smallest absolute Gasteiger partial charge is 0.450 e. The predicted molar refractivity (Wildman–Crippen MR) is 44.9 cm³/mol. The number of aliphatic hydroxyl groups excluding tert-OH is 2. The Balaban J connectivity index is 2.88. The zero-order valence-corrected chi connectivity index (χ0v) is 8.61. The lowest BCUT2D eigenvalue weighted by atomic mass is 10.1. The monoisotopic (exact) mass is 256 g/mol. The fraction of sp³-hybridized carbons (Fsp3) is 0.667. The van der Waals surface area contributed by atoms with Crippen LogP contribution in [-0.2, 0) is 23.4 Å². The normalized spacial score (nSPS) is 28.0. The molecule has 1 aliphatic heterocycles. The summed E-state index contributed by atoms with van der Waals surface area (Å²) in [6, 6.07) is 0. The highest BCUT2D eigenvalue weighted by Gasteiger charge is 2.50. The molecule has 0 aromatic carbocycles. The predicted octanol–water partition coefficient (Wildman–Crippen LogP) is -2.69. The summed E-state index contributed by atoms with van der Waals surface area (Å²) >= 11 is 0. The molecule has 4 N–H and O–H groups in total. The minimum atomic E-state index is -5.01. The zero-order chi connectivity index (χ0) is 12.5. The van der Waals surface area contributed by atoms with Crippen LogP contribution in [0.2, 0.25) is 0 Å². The van der Waals surface area contributed by atoms with E-state index in [-0.39, 0.29) is 0 Å². The second kappa shape index (κ2) is 4.58. The average Bonchev–Trinajstić information content (AvgIpc) is 2.43. The number of Topliss-reactive ketones (excluding diaryl/α,β-unsaturated/α-hetero) is 1. The lowest BCUT2D eigenvalue weighted by Gasteiger charge is -2.20. The molecule has 1 heterocycles. The van der Waals surface area contributed by atoms with Crippen LogP contribution in [0.25, 0.3) is 0 Å². The van der Waals surface area contributed by atoms with Gasteiger partial charge in [-0.15, -0.1) is 0 Å². The molecule has 0 amide bonds. The van der Waals surface area contributed by atoms with Gasteiger partial charge >= 0.3 is 13.8 Å². The number of esters is 1. The number of hydrogen-bond acceptors (Lipinski definition) is 7. The van der Waals surface area contributed by atoms with Crippen molar-refractivity contribution < 1.29 is 43.4 Å². The van der Waals surface area contributed by atoms with E-state index in [9.17, 15) is 14.2 Å². The molecule has 0 saturated carbocycles. The Hall–Kier alpha value is -0.830. The van der Waals surface area contributed by atoms with Crippen molar-refractivity contribution in [1.29, 1.82) is 0 Å². The van der Waals surface area contributed by atoms with Crippen LogP contribution >= 0.6 is 7.82 Å². The van der Waals surface area contributed by atoms with Gasteiger partial charge in [0.1, 0.15) is 6.10 Å². The van der Waals surface area contributed by atoms with Crippen molar-refractivity contribution in [1.82, 2.24) is 0 Å². The molecule has 0 aromatic rings. The fourth-order valence-electron chi connectivity index (χ4n) is 1.15. The van der Waals surface area contributed by atoms with Gasteiger partial charge in [0.15, 0.2) is 12.2 Å². The van der Waals surface area contributed by atoms with Crippen LogP contribution in [0.4, 0.5) is 0 Å². The largest absolute Gasteiger partial charge is 0.470 e. The third kappa shape index (κ3) is 2.85. The van der Waals surface area contributed by atoms with Gasteiger partial charge in [-0.25, -0.2) is 9.36 Å². The van der Waals surface area contributed by atoms with E-state index in [0.717, 1.165) is 0 Å². The second-order valence-corrected chi connectivity index (χ2v) is 4.19. The third-order valence-corrected chi connectivity index (χ3v) is 2.32. The zero-order valence-electron chi connectivity index (χ0n) is 7.72. The summed E-state index contributed by atoms with van der Waals surface area (Å²) in [5.74, 6) is -2.70. The standard InChI is InChI=1S/C6H9O9P/c7-1-2(8)4-5(15-16(11,12)13)3(9)6(10)14-4/h2,4-5,7-8H,1H2,(H2,11,12,13)/t2-,4-,5?/m1/s1. The summed E-state index contributed by atoms with van der Waals surface area (Å²) < 4.78 is 18.8. The first-order valence-electron chi connectivity index (χ1n) is 4.04. The van der Waals surface area contributed by atoms with Crippen molar-refractivity contribution in [3.63, 3.8) is 0 Å². The number of carbonyl (C=O) groups excluding carboxylic acids is 2. The summed E-state index contributed by atoms with van der Waals surface area (Å²) in [7, 11) is -5.01. The second-order valence-electron chi connectivity index (χ2n) is 3.00. The Labute approximate surface area is 88.8 Å². The molecule has 0 bridgehead atoms. The Kier molecular flexibility index (Phi) is 3.79. The summed E-state index contributed by atoms with van der Waals surface area (Å²) in [4.78, 5) is 38.8. The van der Waals surface area contributed by atoms with Crippen molar-refractivity contribution in [2.24, 2.45) is 0 Å². The number of phosphoric acid groups is 1. The number of rotatable bonds is 4. The van der Waals surface area contributed by atoms with E-state index in [1.54, 1.807) is 0 Å². The van der Waals surface area contributed by atoms with Crippen LogP contribution in [-0.4, -0.2) is 56.7 Å². The molecule has 0 radical (unpaired) electrons. The summed E-state index contributed by atoms with van der Waals surface area (Å²) in [5.41, 5.74) is 0. The number of aliphatic hydroxyl groups is 2. The molecule has 0 aliphatic carbocycles. The van der Waals surface area contributed by atoms with E-state index in [1.165, 1.54) is 0 Å². The minimum Gasteiger partial charge on any atom is -0.450 e. The van der Waals surface area contributed by atoms with Crippen molar-refractivity contribution in [2.75, 3.05) is 6.61 Å². The number of hydrogen-bond donors (Lipinski definition) is 4. The fourth-order valence-corrected chi connectivity index (χ4v) is 1.66. The van der Waals surface area contributed by atoms with Gasteiger partial charge in [0.25, 0.3) is 5.78 Å². The molecular weight excluding hydrogens is 247 g/mol. The van der Waals surface area contributed by atoms with Gasteiger partial charge in [0.2, 0.25) is 0 Å². The van der Waals surface area contributed by atoms with Gasteiger partial charge in [-0.1, -0.05) is 0 Å². The molecule has 9 nitrogen and oxygen atoms in total. The molecule has 1 aliphatic rings. The average molecular weight is 256 g/mol. The maximum Gasteiger partial charge on any atom is 0.470 e. The van der Waals surface area contributed by atoms with Crippen LogP contribution in [0, 0.1) is 0 Å². The molecule has 10 heteroatoms. The first-order valence-corrected chi connectivity index (χ1v) is 5.57. The van der Waals surface area contributed by atoms with Crippen LogP contribution in [0.5, 0.6) is 0 Å². The lowest BCUT2D eigenvalue weighted by Crippen LogP contribution is -2.40. The van der Waals surface area contributed by atoms with E-state index in [0.29, 0.717) is 0 Å². The molecule has 16 heavy (non-hydrogen) atoms. The summed E-state index contributed by atoms with van der Waals surface area (Å²) in [6.45, 7) is -0.855. The van der Waals surface area contributed by atoms with Gasteiger partial charge in [-0.05, 0) is 0 Å². The first-order chi connectivity index (χ1) is 7.26. The molecule has 92 valence electrons. The molecule has 1 fully saturated rings. The van der Waals surface area contributed by atoms with Crippen LogP contribution in [0.1, 0.15) is 0 Å². The van der Waals surface area contributed by atoms with Crippen molar-refractivity contribution in [2.45, 2.75) is 18.3 Å². The first kappa shape index (κ1) is 13.2. The Morgan fingerprint density at radius 1 is 1.44 bits per heavy atom. The molecule has 1 saturated heterocycles. The molecule has 1 rings (SSSR count).